The second-order valence-electron chi connectivity index (χ2n) is 4.58. The Kier molecular flexibility index (Phi) is 4.02. The van der Waals surface area contributed by atoms with Gasteiger partial charge in [0.15, 0.2) is 0 Å². The number of pyridine rings is 1. The van der Waals surface area contributed by atoms with Crippen molar-refractivity contribution in [2.24, 2.45) is 0 Å². The van der Waals surface area contributed by atoms with Gasteiger partial charge in [-0.15, -0.1) is 0 Å². The van der Waals surface area contributed by atoms with Crippen molar-refractivity contribution in [3.05, 3.63) is 34.8 Å². The Morgan fingerprint density at radius 2 is 2.10 bits per heavy atom. The van der Waals surface area contributed by atoms with Crippen molar-refractivity contribution in [1.82, 2.24) is 10.1 Å². The molecule has 0 bridgehead atoms. The van der Waals surface area contributed by atoms with Crippen LogP contribution in [0.4, 0.5) is 11.6 Å². The number of anilines is 2. The second kappa shape index (κ2) is 5.73. The SMILES string of the molecule is CCNc1cc(C)ncc1C(=O)Nc1onc(C)c1C. The van der Waals surface area contributed by atoms with Crippen molar-refractivity contribution in [1.29, 1.82) is 0 Å². The summed E-state index contributed by atoms with van der Waals surface area (Å²) in [6, 6.07) is 1.84. The molecular formula is C14H18N4O2. The molecule has 0 unspecified atom stereocenters. The highest BCUT2D eigenvalue weighted by atomic mass is 16.5. The Hall–Kier alpha value is -2.37. The minimum Gasteiger partial charge on any atom is -0.385 e. The van der Waals surface area contributed by atoms with Crippen LogP contribution in [0.1, 0.15) is 34.2 Å². The number of aryl methyl sites for hydroxylation is 2. The van der Waals surface area contributed by atoms with Gasteiger partial charge in [-0.2, -0.15) is 0 Å². The number of hydrogen-bond donors (Lipinski definition) is 2. The van der Waals surface area contributed by atoms with Gasteiger partial charge in [-0.1, -0.05) is 5.16 Å². The smallest absolute Gasteiger partial charge is 0.261 e. The van der Waals surface area contributed by atoms with E-state index in [4.69, 9.17) is 4.52 Å². The summed E-state index contributed by atoms with van der Waals surface area (Å²) in [4.78, 5) is 16.5. The normalized spacial score (nSPS) is 10.4. The summed E-state index contributed by atoms with van der Waals surface area (Å²) in [5.74, 6) is 0.100. The maximum Gasteiger partial charge on any atom is 0.261 e. The summed E-state index contributed by atoms with van der Waals surface area (Å²) in [6.45, 7) is 8.25. The maximum absolute atomic E-state index is 12.3. The highest BCUT2D eigenvalue weighted by molar-refractivity contribution is 6.07. The number of nitrogens with one attached hydrogen (secondary N) is 2. The van der Waals surface area contributed by atoms with E-state index in [1.54, 1.807) is 6.20 Å². The predicted octanol–water partition coefficient (Wildman–Crippen LogP) is 2.68. The number of amides is 1. The predicted molar refractivity (Wildman–Crippen MR) is 77.1 cm³/mol. The molecule has 6 heteroatoms. The molecule has 0 saturated heterocycles. The second-order valence-corrected chi connectivity index (χ2v) is 4.58. The molecule has 2 aromatic rings. The average Bonchev–Trinajstić information content (AvgIpc) is 2.71. The minimum atomic E-state index is -0.271. The standard InChI is InChI=1S/C14H18N4O2/c1-5-15-12-6-8(2)16-7-11(12)13(19)17-14-9(3)10(4)18-20-14/h6-7H,5H2,1-4H3,(H,15,16)(H,17,19). The minimum absolute atomic E-state index is 0.271. The van der Waals surface area contributed by atoms with E-state index in [1.807, 2.05) is 33.8 Å². The number of carbonyl (C=O) groups is 1. The first-order valence-electron chi connectivity index (χ1n) is 6.47. The van der Waals surface area contributed by atoms with Crippen LogP contribution in [0.15, 0.2) is 16.8 Å². The highest BCUT2D eigenvalue weighted by Gasteiger charge is 2.16. The number of hydrogen-bond acceptors (Lipinski definition) is 5. The third-order valence-corrected chi connectivity index (χ3v) is 3.04. The maximum atomic E-state index is 12.3. The van der Waals surface area contributed by atoms with E-state index in [0.717, 1.165) is 29.2 Å². The first-order valence-corrected chi connectivity index (χ1v) is 6.47. The number of carbonyl (C=O) groups excluding carboxylic acids is 1. The molecule has 2 N–H and O–H groups in total. The van der Waals surface area contributed by atoms with E-state index in [9.17, 15) is 4.79 Å². The summed E-state index contributed by atoms with van der Waals surface area (Å²) < 4.78 is 5.09. The van der Waals surface area contributed by atoms with Crippen LogP contribution in [0, 0.1) is 20.8 Å². The topological polar surface area (TPSA) is 80.0 Å². The monoisotopic (exact) mass is 274 g/mol. The molecule has 0 radical (unpaired) electrons. The number of aromatic nitrogens is 2. The van der Waals surface area contributed by atoms with Crippen LogP contribution in [-0.2, 0) is 0 Å². The van der Waals surface area contributed by atoms with E-state index < -0.39 is 0 Å². The Balaban J connectivity index is 2.27. The number of rotatable bonds is 4. The first-order chi connectivity index (χ1) is 9.52. The van der Waals surface area contributed by atoms with E-state index >= 15 is 0 Å². The first kappa shape index (κ1) is 14.0. The molecular weight excluding hydrogens is 256 g/mol. The van der Waals surface area contributed by atoms with Gasteiger partial charge in [0, 0.05) is 24.0 Å². The van der Waals surface area contributed by atoms with Gasteiger partial charge in [0.2, 0.25) is 5.88 Å². The van der Waals surface area contributed by atoms with Gasteiger partial charge < -0.3 is 9.84 Å². The van der Waals surface area contributed by atoms with Crippen LogP contribution in [0.3, 0.4) is 0 Å². The quantitative estimate of drug-likeness (QED) is 0.896. The molecule has 0 fully saturated rings. The molecule has 2 aromatic heterocycles. The lowest BCUT2D eigenvalue weighted by atomic mass is 10.2. The lowest BCUT2D eigenvalue weighted by Gasteiger charge is -2.10. The van der Waals surface area contributed by atoms with Gasteiger partial charge >= 0.3 is 0 Å². The zero-order valence-corrected chi connectivity index (χ0v) is 12.1. The van der Waals surface area contributed by atoms with E-state index in [2.05, 4.69) is 20.8 Å². The molecule has 1 amide bonds. The highest BCUT2D eigenvalue weighted by Crippen LogP contribution is 2.21. The molecule has 0 aromatic carbocycles. The Morgan fingerprint density at radius 3 is 2.70 bits per heavy atom. The summed E-state index contributed by atoms with van der Waals surface area (Å²) in [7, 11) is 0. The van der Waals surface area contributed by atoms with Gasteiger partial charge in [0.25, 0.3) is 5.91 Å². The summed E-state index contributed by atoms with van der Waals surface area (Å²) in [6.07, 6.45) is 1.56. The van der Waals surface area contributed by atoms with Crippen molar-refractivity contribution >= 4 is 17.5 Å². The zero-order valence-electron chi connectivity index (χ0n) is 12.1. The fourth-order valence-electron chi connectivity index (χ4n) is 1.78. The summed E-state index contributed by atoms with van der Waals surface area (Å²) >= 11 is 0. The lowest BCUT2D eigenvalue weighted by Crippen LogP contribution is -2.15. The largest absolute Gasteiger partial charge is 0.385 e. The molecule has 0 aliphatic carbocycles. The molecule has 2 rings (SSSR count). The fraction of sp³-hybridized carbons (Fsp3) is 0.357. The summed E-state index contributed by atoms with van der Waals surface area (Å²) in [5, 5.41) is 9.69. The zero-order chi connectivity index (χ0) is 14.7. The Labute approximate surface area is 117 Å². The fourth-order valence-corrected chi connectivity index (χ4v) is 1.78. The van der Waals surface area contributed by atoms with Crippen LogP contribution in [-0.4, -0.2) is 22.6 Å². The summed E-state index contributed by atoms with van der Waals surface area (Å²) in [5.41, 5.74) is 3.67. The molecule has 0 aliphatic heterocycles. The van der Waals surface area contributed by atoms with Crippen molar-refractivity contribution in [3.8, 4) is 0 Å². The molecule has 0 atom stereocenters. The van der Waals surface area contributed by atoms with Crippen LogP contribution in [0.2, 0.25) is 0 Å². The average molecular weight is 274 g/mol. The molecule has 0 aliphatic rings. The Bertz CT molecular complexity index is 634. The van der Waals surface area contributed by atoms with Crippen molar-refractivity contribution in [2.75, 3.05) is 17.2 Å². The molecule has 0 saturated carbocycles. The molecule has 6 nitrogen and oxygen atoms in total. The van der Waals surface area contributed by atoms with Gasteiger partial charge in [-0.05, 0) is 33.8 Å². The van der Waals surface area contributed by atoms with Crippen molar-refractivity contribution in [2.45, 2.75) is 27.7 Å². The van der Waals surface area contributed by atoms with Gasteiger partial charge in [-0.3, -0.25) is 15.1 Å². The number of nitrogens with zero attached hydrogens (tertiary/aromatic N) is 2. The van der Waals surface area contributed by atoms with E-state index in [1.165, 1.54) is 0 Å². The van der Waals surface area contributed by atoms with Crippen LogP contribution >= 0.6 is 0 Å². The van der Waals surface area contributed by atoms with Crippen molar-refractivity contribution < 1.29 is 9.32 Å². The van der Waals surface area contributed by atoms with E-state index in [-0.39, 0.29) is 5.91 Å². The van der Waals surface area contributed by atoms with Crippen LogP contribution in [0.5, 0.6) is 0 Å². The molecule has 106 valence electrons. The van der Waals surface area contributed by atoms with Gasteiger partial charge in [0.05, 0.1) is 16.9 Å². The van der Waals surface area contributed by atoms with Gasteiger partial charge in [0.1, 0.15) is 0 Å². The molecule has 20 heavy (non-hydrogen) atoms. The van der Waals surface area contributed by atoms with Crippen LogP contribution in [0.25, 0.3) is 0 Å². The third kappa shape index (κ3) is 2.79. The van der Waals surface area contributed by atoms with Crippen molar-refractivity contribution in [3.63, 3.8) is 0 Å². The Morgan fingerprint density at radius 1 is 1.35 bits per heavy atom. The molecule has 2 heterocycles. The third-order valence-electron chi connectivity index (χ3n) is 3.04. The van der Waals surface area contributed by atoms with E-state index in [0.29, 0.717) is 11.4 Å². The lowest BCUT2D eigenvalue weighted by molar-refractivity contribution is 0.102. The van der Waals surface area contributed by atoms with Gasteiger partial charge in [-0.25, -0.2) is 0 Å². The molecule has 0 spiro atoms. The van der Waals surface area contributed by atoms with Crippen LogP contribution < -0.4 is 10.6 Å².